The average molecular weight is 523 g/mol. The fourth-order valence-corrected chi connectivity index (χ4v) is 4.21. The van der Waals surface area contributed by atoms with Gasteiger partial charge in [-0.05, 0) is 62.2 Å². The van der Waals surface area contributed by atoms with Crippen LogP contribution in [0.5, 0.6) is 0 Å². The lowest BCUT2D eigenvalue weighted by Gasteiger charge is -2.11. The molecule has 0 aliphatic carbocycles. The van der Waals surface area contributed by atoms with Crippen LogP contribution < -0.4 is 5.32 Å². The lowest BCUT2D eigenvalue weighted by atomic mass is 10.1. The number of nitrogens with one attached hydrogen (secondary N) is 1. The van der Waals surface area contributed by atoms with Crippen LogP contribution in [0.3, 0.4) is 0 Å². The van der Waals surface area contributed by atoms with Gasteiger partial charge in [0.2, 0.25) is 0 Å². The molecule has 11 heteroatoms. The summed E-state index contributed by atoms with van der Waals surface area (Å²) in [6.45, 7) is 6.03. The van der Waals surface area contributed by atoms with Gasteiger partial charge >= 0.3 is 6.18 Å². The van der Waals surface area contributed by atoms with Crippen molar-refractivity contribution in [3.8, 4) is 11.3 Å². The minimum atomic E-state index is -4.78. The maximum absolute atomic E-state index is 13.9. The predicted octanol–water partition coefficient (Wildman–Crippen LogP) is 5.98. The standard InChI is InChI=1S/C27H22F4N6O/c1-15-6-4-5-7-19(15)14-36-17(3)25(16(2)34-36)33-26(38)22-13-24-32-21(18-8-10-20(28)11-9-18)12-23(27(29,30)31)37(24)35-22/h4-13H,14H2,1-3H3,(H,33,38). The van der Waals surface area contributed by atoms with E-state index >= 15 is 0 Å². The van der Waals surface area contributed by atoms with Crippen molar-refractivity contribution in [2.24, 2.45) is 0 Å². The van der Waals surface area contributed by atoms with E-state index in [0.717, 1.165) is 29.3 Å². The molecule has 1 amide bonds. The quantitative estimate of drug-likeness (QED) is 0.288. The summed E-state index contributed by atoms with van der Waals surface area (Å²) < 4.78 is 57.3. The first-order valence-corrected chi connectivity index (χ1v) is 11.6. The topological polar surface area (TPSA) is 77.1 Å². The van der Waals surface area contributed by atoms with Gasteiger partial charge in [0, 0.05) is 11.6 Å². The summed E-state index contributed by atoms with van der Waals surface area (Å²) in [4.78, 5) is 17.3. The smallest absolute Gasteiger partial charge is 0.317 e. The Kier molecular flexibility index (Phi) is 6.22. The molecule has 0 fully saturated rings. The Labute approximate surface area is 214 Å². The van der Waals surface area contributed by atoms with E-state index in [1.807, 2.05) is 31.2 Å². The van der Waals surface area contributed by atoms with Gasteiger partial charge in [0.15, 0.2) is 17.0 Å². The number of hydrogen-bond donors (Lipinski definition) is 1. The number of aryl methyl sites for hydroxylation is 2. The number of rotatable bonds is 5. The van der Waals surface area contributed by atoms with Gasteiger partial charge in [-0.25, -0.2) is 13.9 Å². The Morgan fingerprint density at radius 1 is 0.974 bits per heavy atom. The Bertz CT molecular complexity index is 1670. The Morgan fingerprint density at radius 2 is 1.68 bits per heavy atom. The van der Waals surface area contributed by atoms with Gasteiger partial charge in [0.25, 0.3) is 5.91 Å². The van der Waals surface area contributed by atoms with E-state index in [4.69, 9.17) is 0 Å². The maximum Gasteiger partial charge on any atom is 0.433 e. The van der Waals surface area contributed by atoms with E-state index in [0.29, 0.717) is 33.7 Å². The second kappa shape index (κ2) is 9.40. The van der Waals surface area contributed by atoms with Crippen LogP contribution in [0.15, 0.2) is 60.7 Å². The fourth-order valence-electron chi connectivity index (χ4n) is 4.21. The van der Waals surface area contributed by atoms with Crippen molar-refractivity contribution in [2.45, 2.75) is 33.5 Å². The molecule has 0 spiro atoms. The number of amides is 1. The molecule has 0 bridgehead atoms. The largest absolute Gasteiger partial charge is 0.433 e. The van der Waals surface area contributed by atoms with E-state index in [2.05, 4.69) is 20.5 Å². The maximum atomic E-state index is 13.9. The van der Waals surface area contributed by atoms with Crippen molar-refractivity contribution in [2.75, 3.05) is 5.32 Å². The summed E-state index contributed by atoms with van der Waals surface area (Å²) in [5.41, 5.74) is 2.60. The van der Waals surface area contributed by atoms with Gasteiger partial charge in [0.05, 0.1) is 29.3 Å². The van der Waals surface area contributed by atoms with Crippen LogP contribution in [0.1, 0.15) is 38.7 Å². The van der Waals surface area contributed by atoms with E-state index in [-0.39, 0.29) is 17.0 Å². The highest BCUT2D eigenvalue weighted by Crippen LogP contribution is 2.32. The molecule has 1 N–H and O–H groups in total. The molecule has 38 heavy (non-hydrogen) atoms. The van der Waals surface area contributed by atoms with Gasteiger partial charge in [-0.1, -0.05) is 24.3 Å². The zero-order valence-corrected chi connectivity index (χ0v) is 20.6. The van der Waals surface area contributed by atoms with Crippen molar-refractivity contribution in [3.05, 3.63) is 100 Å². The highest BCUT2D eigenvalue weighted by atomic mass is 19.4. The summed E-state index contributed by atoms with van der Waals surface area (Å²) in [7, 11) is 0. The van der Waals surface area contributed by atoms with Crippen molar-refractivity contribution in [1.82, 2.24) is 24.4 Å². The molecule has 0 unspecified atom stereocenters. The molecule has 5 rings (SSSR count). The lowest BCUT2D eigenvalue weighted by Crippen LogP contribution is -2.16. The second-order valence-corrected chi connectivity index (χ2v) is 8.91. The third-order valence-corrected chi connectivity index (χ3v) is 6.29. The number of benzene rings is 2. The molecular weight excluding hydrogens is 500 g/mol. The Balaban J connectivity index is 1.48. The van der Waals surface area contributed by atoms with Crippen LogP contribution in [0.2, 0.25) is 0 Å². The molecule has 194 valence electrons. The van der Waals surface area contributed by atoms with Crippen LogP contribution >= 0.6 is 0 Å². The molecule has 7 nitrogen and oxygen atoms in total. The second-order valence-electron chi connectivity index (χ2n) is 8.91. The number of aromatic nitrogens is 5. The molecule has 0 saturated heterocycles. The van der Waals surface area contributed by atoms with Gasteiger partial charge in [-0.3, -0.25) is 9.48 Å². The molecule has 0 atom stereocenters. The highest BCUT2D eigenvalue weighted by Gasteiger charge is 2.35. The van der Waals surface area contributed by atoms with Gasteiger partial charge in [-0.15, -0.1) is 0 Å². The summed E-state index contributed by atoms with van der Waals surface area (Å²) in [5.74, 6) is -1.23. The van der Waals surface area contributed by atoms with Crippen molar-refractivity contribution < 1.29 is 22.4 Å². The van der Waals surface area contributed by atoms with E-state index in [9.17, 15) is 22.4 Å². The number of fused-ring (bicyclic) bond motifs is 1. The number of carbonyl (C=O) groups excluding carboxylic acids is 1. The van der Waals surface area contributed by atoms with Gasteiger partial charge in [0.1, 0.15) is 5.82 Å². The van der Waals surface area contributed by atoms with Gasteiger partial charge in [-0.2, -0.15) is 23.4 Å². The van der Waals surface area contributed by atoms with Gasteiger partial charge < -0.3 is 5.32 Å². The molecular formula is C27H22F4N6O. The lowest BCUT2D eigenvalue weighted by molar-refractivity contribution is -0.142. The molecule has 0 aliphatic heterocycles. The third-order valence-electron chi connectivity index (χ3n) is 6.29. The zero-order chi connectivity index (χ0) is 27.2. The number of nitrogens with zero attached hydrogens (tertiary/aromatic N) is 5. The SMILES string of the molecule is Cc1ccccc1Cn1nc(C)c(NC(=O)c2cc3nc(-c4ccc(F)cc4)cc(C(F)(F)F)n3n2)c1C. The summed E-state index contributed by atoms with van der Waals surface area (Å²) in [6.07, 6.45) is -4.78. The molecule has 3 heterocycles. The van der Waals surface area contributed by atoms with Crippen molar-refractivity contribution >= 4 is 17.2 Å². The molecule has 2 aromatic carbocycles. The summed E-state index contributed by atoms with van der Waals surface area (Å²) in [5, 5.41) is 11.2. The summed E-state index contributed by atoms with van der Waals surface area (Å²) in [6, 6.07) is 14.8. The predicted molar refractivity (Wildman–Crippen MR) is 133 cm³/mol. The van der Waals surface area contributed by atoms with Crippen molar-refractivity contribution in [3.63, 3.8) is 0 Å². The zero-order valence-electron chi connectivity index (χ0n) is 20.6. The normalized spacial score (nSPS) is 11.8. The van der Waals surface area contributed by atoms with Crippen LogP contribution in [0.4, 0.5) is 23.2 Å². The number of carbonyl (C=O) groups is 1. The number of anilines is 1. The van der Waals surface area contributed by atoms with E-state index in [1.165, 1.54) is 18.2 Å². The Morgan fingerprint density at radius 3 is 2.37 bits per heavy atom. The highest BCUT2D eigenvalue weighted by molar-refractivity contribution is 6.04. The fraction of sp³-hybridized carbons (Fsp3) is 0.185. The molecule has 5 aromatic rings. The third kappa shape index (κ3) is 4.74. The minimum Gasteiger partial charge on any atom is -0.317 e. The molecule has 0 aliphatic rings. The molecule has 0 saturated carbocycles. The minimum absolute atomic E-state index is 0.0270. The Hall–Kier alpha value is -4.54. The van der Waals surface area contributed by atoms with E-state index in [1.54, 1.807) is 18.5 Å². The van der Waals surface area contributed by atoms with Crippen LogP contribution in [-0.2, 0) is 12.7 Å². The van der Waals surface area contributed by atoms with E-state index < -0.39 is 23.6 Å². The average Bonchev–Trinajstić information content (AvgIpc) is 3.41. The summed E-state index contributed by atoms with van der Waals surface area (Å²) >= 11 is 0. The molecule has 3 aromatic heterocycles. The number of halogens is 4. The van der Waals surface area contributed by atoms with Crippen LogP contribution in [-0.4, -0.2) is 30.3 Å². The first-order valence-electron chi connectivity index (χ1n) is 11.6. The first kappa shape index (κ1) is 25.1. The first-order chi connectivity index (χ1) is 18.0. The number of alkyl halides is 3. The number of hydrogen-bond acceptors (Lipinski definition) is 4. The van der Waals surface area contributed by atoms with Crippen molar-refractivity contribution in [1.29, 1.82) is 0 Å². The van der Waals surface area contributed by atoms with Crippen LogP contribution in [0.25, 0.3) is 16.9 Å². The van der Waals surface area contributed by atoms with Crippen LogP contribution in [0, 0.1) is 26.6 Å². The monoisotopic (exact) mass is 522 g/mol. The molecule has 0 radical (unpaired) electrons.